The van der Waals surface area contributed by atoms with E-state index in [1.54, 1.807) is 6.33 Å². The highest BCUT2D eigenvalue weighted by Gasteiger charge is 2.09. The van der Waals surface area contributed by atoms with Crippen molar-refractivity contribution in [2.75, 3.05) is 0 Å². The van der Waals surface area contributed by atoms with E-state index >= 15 is 0 Å². The van der Waals surface area contributed by atoms with Crippen LogP contribution in [0.25, 0.3) is 5.69 Å². The van der Waals surface area contributed by atoms with Crippen molar-refractivity contribution in [2.45, 2.75) is 6.92 Å². The maximum atomic E-state index is 10.8. The summed E-state index contributed by atoms with van der Waals surface area (Å²) in [6.07, 6.45) is 2.64. The number of nitrogens with zero attached hydrogens (tertiary/aromatic N) is 2. The van der Waals surface area contributed by atoms with Crippen LogP contribution in [0.3, 0.4) is 0 Å². The van der Waals surface area contributed by atoms with E-state index in [1.165, 1.54) is 0 Å². The number of aromatic nitrogens is 2. The van der Waals surface area contributed by atoms with Crippen molar-refractivity contribution >= 4 is 51.5 Å². The third-order valence-corrected chi connectivity index (χ3v) is 5.15. The number of rotatable bonds is 2. The second-order valence-corrected chi connectivity index (χ2v) is 5.40. The summed E-state index contributed by atoms with van der Waals surface area (Å²) in [5, 5.41) is 0. The van der Waals surface area contributed by atoms with Gasteiger partial charge in [0, 0.05) is 5.56 Å². The van der Waals surface area contributed by atoms with Crippen LogP contribution in [0.5, 0.6) is 0 Å². The summed E-state index contributed by atoms with van der Waals surface area (Å²) >= 11 is 4.44. The van der Waals surface area contributed by atoms with Gasteiger partial charge in [-0.15, -0.1) is 0 Å². The Morgan fingerprint density at radius 2 is 2.12 bits per heavy atom. The normalized spacial score (nSPS) is 10.4. The summed E-state index contributed by atoms with van der Waals surface area (Å²) < 4.78 is 4.02. The van der Waals surface area contributed by atoms with Gasteiger partial charge in [-0.2, -0.15) is 0 Å². The van der Waals surface area contributed by atoms with E-state index in [0.717, 1.165) is 24.9 Å². The smallest absolute Gasteiger partial charge is 0.150 e. The van der Waals surface area contributed by atoms with Gasteiger partial charge in [0.05, 0.1) is 5.69 Å². The Balaban J connectivity index is 2.63. The molecule has 0 bridgehead atoms. The van der Waals surface area contributed by atoms with Gasteiger partial charge in [0.25, 0.3) is 0 Å². The Kier molecular flexibility index (Phi) is 3.63. The molecule has 0 aliphatic heterocycles. The Labute approximate surface area is 121 Å². The quantitative estimate of drug-likeness (QED) is 0.534. The lowest BCUT2D eigenvalue weighted by molar-refractivity contribution is 0.112. The number of hydrogen-bond donors (Lipinski definition) is 0. The number of carbonyl (C=O) groups excluding carboxylic acids is 1. The predicted octanol–water partition coefficient (Wildman–Crippen LogP) is 3.20. The van der Waals surface area contributed by atoms with Crippen molar-refractivity contribution in [3.05, 3.63) is 43.1 Å². The lowest BCUT2D eigenvalue weighted by atomic mass is 10.1. The number of halogens is 2. The number of aldehydes is 1. The van der Waals surface area contributed by atoms with Crippen molar-refractivity contribution in [2.24, 2.45) is 0 Å². The van der Waals surface area contributed by atoms with Crippen molar-refractivity contribution in [3.8, 4) is 5.69 Å². The first-order chi connectivity index (χ1) is 7.63. The predicted molar refractivity (Wildman–Crippen MR) is 79.1 cm³/mol. The van der Waals surface area contributed by atoms with Crippen LogP contribution in [-0.2, 0) is 0 Å². The average molecular weight is 438 g/mol. The maximum absolute atomic E-state index is 10.8. The van der Waals surface area contributed by atoms with Gasteiger partial charge >= 0.3 is 0 Å². The van der Waals surface area contributed by atoms with Crippen molar-refractivity contribution in [1.82, 2.24) is 9.55 Å². The summed E-state index contributed by atoms with van der Waals surface area (Å²) in [4.78, 5) is 15.0. The van der Waals surface area contributed by atoms with Crippen LogP contribution in [0, 0.1) is 14.3 Å². The molecule has 2 rings (SSSR count). The summed E-state index contributed by atoms with van der Waals surface area (Å²) in [5.74, 6) is 0. The van der Waals surface area contributed by atoms with Gasteiger partial charge in [0.15, 0.2) is 0 Å². The second kappa shape index (κ2) is 4.82. The highest BCUT2D eigenvalue weighted by Crippen LogP contribution is 2.21. The fourth-order valence-electron chi connectivity index (χ4n) is 1.44. The maximum Gasteiger partial charge on any atom is 0.150 e. The molecule has 1 aromatic carbocycles. The van der Waals surface area contributed by atoms with Crippen molar-refractivity contribution in [3.63, 3.8) is 0 Å². The molecule has 0 aliphatic rings. The zero-order valence-electron chi connectivity index (χ0n) is 8.45. The van der Waals surface area contributed by atoms with Gasteiger partial charge in [-0.3, -0.25) is 9.36 Å². The van der Waals surface area contributed by atoms with E-state index in [9.17, 15) is 4.79 Å². The summed E-state index contributed by atoms with van der Waals surface area (Å²) in [6, 6.07) is 5.64. The number of hydrogen-bond acceptors (Lipinski definition) is 2. The van der Waals surface area contributed by atoms with Crippen molar-refractivity contribution < 1.29 is 4.79 Å². The van der Waals surface area contributed by atoms with Gasteiger partial charge in [-0.25, -0.2) is 4.98 Å². The summed E-state index contributed by atoms with van der Waals surface area (Å²) in [6.45, 7) is 2.02. The fourth-order valence-corrected chi connectivity index (χ4v) is 2.35. The van der Waals surface area contributed by atoms with Crippen molar-refractivity contribution in [1.29, 1.82) is 0 Å². The van der Waals surface area contributed by atoms with E-state index < -0.39 is 0 Å². The molecule has 0 spiro atoms. The third-order valence-electron chi connectivity index (χ3n) is 2.30. The summed E-state index contributed by atoms with van der Waals surface area (Å²) in [7, 11) is 0. The van der Waals surface area contributed by atoms with Crippen LogP contribution in [0.2, 0.25) is 0 Å². The molecule has 0 atom stereocenters. The fraction of sp³-hybridized carbons (Fsp3) is 0.0909. The highest BCUT2D eigenvalue weighted by molar-refractivity contribution is 14.1. The molecule has 0 amide bonds. The number of aryl methyl sites for hydroxylation is 1. The van der Waals surface area contributed by atoms with E-state index in [2.05, 4.69) is 50.2 Å². The number of benzene rings is 1. The minimum absolute atomic E-state index is 0.681. The van der Waals surface area contributed by atoms with E-state index in [4.69, 9.17) is 0 Å². The molecule has 3 nitrogen and oxygen atoms in total. The molecule has 0 unspecified atom stereocenters. The molecule has 2 aromatic rings. The molecule has 5 heteroatoms. The van der Waals surface area contributed by atoms with E-state index in [1.807, 2.05) is 29.7 Å². The Hall–Kier alpha value is -0.440. The monoisotopic (exact) mass is 438 g/mol. The molecule has 0 saturated heterocycles. The second-order valence-electron chi connectivity index (χ2n) is 3.36. The standard InChI is InChI=1S/C11H8I2N2O/c1-7-2-3-8(5-16)4-9(7)15-6-14-10(12)11(15)13/h2-6H,1H3. The van der Waals surface area contributed by atoms with Crippen LogP contribution in [0.15, 0.2) is 24.5 Å². The van der Waals surface area contributed by atoms with E-state index in [0.29, 0.717) is 5.56 Å². The number of imidazole rings is 1. The molecule has 0 N–H and O–H groups in total. The van der Waals surface area contributed by atoms with Crippen LogP contribution >= 0.6 is 45.2 Å². The zero-order valence-corrected chi connectivity index (χ0v) is 12.8. The number of carbonyl (C=O) groups is 1. The lowest BCUT2D eigenvalue weighted by Crippen LogP contribution is -1.99. The molecule has 0 saturated carbocycles. The van der Waals surface area contributed by atoms with Crippen LogP contribution in [-0.4, -0.2) is 15.8 Å². The molecule has 82 valence electrons. The first-order valence-electron chi connectivity index (χ1n) is 4.58. The Bertz CT molecular complexity index is 549. The molecular formula is C11H8I2N2O. The molecule has 16 heavy (non-hydrogen) atoms. The van der Waals surface area contributed by atoms with E-state index in [-0.39, 0.29) is 0 Å². The molecule has 0 fully saturated rings. The molecule has 1 aromatic heterocycles. The first-order valence-corrected chi connectivity index (χ1v) is 6.74. The Morgan fingerprint density at radius 3 is 2.69 bits per heavy atom. The minimum Gasteiger partial charge on any atom is -0.298 e. The largest absolute Gasteiger partial charge is 0.298 e. The first kappa shape index (κ1) is 12.0. The minimum atomic E-state index is 0.681. The zero-order chi connectivity index (χ0) is 11.7. The molecule has 1 heterocycles. The van der Waals surface area contributed by atoms with Crippen LogP contribution in [0.4, 0.5) is 0 Å². The SMILES string of the molecule is Cc1ccc(C=O)cc1-n1cnc(I)c1I. The average Bonchev–Trinajstić information content (AvgIpc) is 2.61. The molecule has 0 radical (unpaired) electrons. The van der Waals surface area contributed by atoms with Gasteiger partial charge in [0.2, 0.25) is 0 Å². The van der Waals surface area contributed by atoms with Gasteiger partial charge < -0.3 is 0 Å². The Morgan fingerprint density at radius 1 is 1.38 bits per heavy atom. The van der Waals surface area contributed by atoms with Gasteiger partial charge in [0.1, 0.15) is 20.0 Å². The van der Waals surface area contributed by atoms with Gasteiger partial charge in [-0.1, -0.05) is 12.1 Å². The lowest BCUT2D eigenvalue weighted by Gasteiger charge is -2.08. The highest BCUT2D eigenvalue weighted by atomic mass is 127. The molecule has 0 aliphatic carbocycles. The van der Waals surface area contributed by atoms with Crippen LogP contribution in [0.1, 0.15) is 15.9 Å². The van der Waals surface area contributed by atoms with Gasteiger partial charge in [-0.05, 0) is 63.7 Å². The molecular weight excluding hydrogens is 430 g/mol. The third kappa shape index (κ3) is 2.15. The summed E-state index contributed by atoms with van der Waals surface area (Å²) in [5.41, 5.74) is 2.81. The van der Waals surface area contributed by atoms with Crippen LogP contribution < -0.4 is 0 Å². The topological polar surface area (TPSA) is 34.9 Å².